The summed E-state index contributed by atoms with van der Waals surface area (Å²) in [7, 11) is 1.63. The van der Waals surface area contributed by atoms with Gasteiger partial charge >= 0.3 is 7.48 Å². The molecule has 0 N–H and O–H groups in total. The van der Waals surface area contributed by atoms with Gasteiger partial charge in [-0.15, -0.1) is 0 Å². The molecule has 0 amide bonds. The van der Waals surface area contributed by atoms with E-state index in [1.165, 1.54) is 0 Å². The summed E-state index contributed by atoms with van der Waals surface area (Å²) >= 11 is 4.48. The molecule has 0 aromatic carbocycles. The van der Waals surface area contributed by atoms with E-state index in [0.717, 1.165) is 0 Å². The first-order valence-corrected chi connectivity index (χ1v) is 5.26. The molecule has 0 aliphatic rings. The second-order valence-corrected chi connectivity index (χ2v) is 5.23. The molecule has 0 unspecified atom stereocenters. The van der Waals surface area contributed by atoms with Gasteiger partial charge in [0.05, 0.1) is 18.5 Å². The van der Waals surface area contributed by atoms with Crippen LogP contribution >= 0.6 is 12.6 Å². The zero-order chi connectivity index (χ0) is 11.2. The highest BCUT2D eigenvalue weighted by Crippen LogP contribution is 2.30. The lowest BCUT2D eigenvalue weighted by molar-refractivity contribution is 0.0849. The first kappa shape index (κ1) is 13.9. The van der Waals surface area contributed by atoms with Gasteiger partial charge in [-0.3, -0.25) is 0 Å². The molecule has 0 aliphatic heterocycles. The Morgan fingerprint density at radius 3 is 2.29 bits per heavy atom. The standard InChI is InChI=1S/C10H20BO2S/c1-6-12-8-7-11-13-9(2,3)10(4,5)14/h7-8,14H,6H2,1-5H3/b8-7+. The Bertz CT molecular complexity index is 185. The fraction of sp³-hybridized carbons (Fsp3) is 0.800. The predicted molar refractivity (Wildman–Crippen MR) is 64.7 cm³/mol. The fourth-order valence-electron chi connectivity index (χ4n) is 0.537. The maximum Gasteiger partial charge on any atom is 0.326 e. The lowest BCUT2D eigenvalue weighted by Gasteiger charge is -2.37. The number of hydrogen-bond acceptors (Lipinski definition) is 3. The van der Waals surface area contributed by atoms with E-state index in [9.17, 15) is 0 Å². The SMILES string of the molecule is CCO/C=C/[B]OC(C)(C)C(C)(C)S. The van der Waals surface area contributed by atoms with Crippen molar-refractivity contribution >= 4 is 20.1 Å². The van der Waals surface area contributed by atoms with E-state index in [1.807, 2.05) is 34.6 Å². The highest BCUT2D eigenvalue weighted by atomic mass is 32.1. The molecule has 0 fully saturated rings. The molecule has 4 heteroatoms. The van der Waals surface area contributed by atoms with E-state index in [-0.39, 0.29) is 10.3 Å². The summed E-state index contributed by atoms with van der Waals surface area (Å²) in [5, 5.41) is 0. The zero-order valence-electron chi connectivity index (χ0n) is 9.70. The topological polar surface area (TPSA) is 18.5 Å². The van der Waals surface area contributed by atoms with Crippen LogP contribution in [0.2, 0.25) is 0 Å². The maximum absolute atomic E-state index is 5.57. The summed E-state index contributed by atoms with van der Waals surface area (Å²) in [4.78, 5) is 0. The van der Waals surface area contributed by atoms with Crippen LogP contribution in [0, 0.1) is 0 Å². The molecule has 0 rings (SSSR count). The molecule has 0 bridgehead atoms. The van der Waals surface area contributed by atoms with Gasteiger partial charge in [0.15, 0.2) is 0 Å². The molecule has 0 spiro atoms. The lowest BCUT2D eigenvalue weighted by atomic mass is 9.89. The summed E-state index contributed by atoms with van der Waals surface area (Å²) in [6, 6.07) is 0. The molecular formula is C10H20BO2S. The highest BCUT2D eigenvalue weighted by molar-refractivity contribution is 7.81. The van der Waals surface area contributed by atoms with Gasteiger partial charge in [0, 0.05) is 4.75 Å². The summed E-state index contributed by atoms with van der Waals surface area (Å²) in [6.45, 7) is 10.7. The number of hydrogen-bond donors (Lipinski definition) is 1. The van der Waals surface area contributed by atoms with Crippen molar-refractivity contribution in [1.29, 1.82) is 0 Å². The van der Waals surface area contributed by atoms with Gasteiger partial charge in [-0.05, 0) is 34.6 Å². The minimum Gasteiger partial charge on any atom is -0.503 e. The quantitative estimate of drug-likeness (QED) is 0.417. The Hall–Kier alpha value is -0.0851. The molecule has 0 atom stereocenters. The molecule has 1 radical (unpaired) electrons. The van der Waals surface area contributed by atoms with Crippen molar-refractivity contribution in [3.8, 4) is 0 Å². The Kier molecular flexibility index (Phi) is 5.68. The van der Waals surface area contributed by atoms with Crippen molar-refractivity contribution < 1.29 is 9.39 Å². The molecule has 81 valence electrons. The molecule has 0 aliphatic carbocycles. The Morgan fingerprint density at radius 2 is 1.86 bits per heavy atom. The van der Waals surface area contributed by atoms with Gasteiger partial charge in [0.25, 0.3) is 0 Å². The monoisotopic (exact) mass is 215 g/mol. The Balaban J connectivity index is 3.89. The minimum atomic E-state index is -0.313. The third-order valence-corrected chi connectivity index (χ3v) is 2.79. The average molecular weight is 215 g/mol. The first-order chi connectivity index (χ1) is 6.31. The molecular weight excluding hydrogens is 195 g/mol. The second kappa shape index (κ2) is 5.71. The zero-order valence-corrected chi connectivity index (χ0v) is 10.6. The summed E-state index contributed by atoms with van der Waals surface area (Å²) < 4.78 is 10.4. The van der Waals surface area contributed by atoms with Gasteiger partial charge in [0.2, 0.25) is 0 Å². The fourth-order valence-corrected chi connectivity index (χ4v) is 0.590. The van der Waals surface area contributed by atoms with E-state index in [1.54, 1.807) is 19.7 Å². The van der Waals surface area contributed by atoms with Gasteiger partial charge in [-0.1, -0.05) is 5.98 Å². The van der Waals surface area contributed by atoms with Crippen LogP contribution in [0.3, 0.4) is 0 Å². The van der Waals surface area contributed by atoms with Crippen molar-refractivity contribution in [2.45, 2.75) is 45.0 Å². The maximum atomic E-state index is 5.57. The van der Waals surface area contributed by atoms with Crippen LogP contribution in [-0.2, 0) is 9.39 Å². The summed E-state index contributed by atoms with van der Waals surface area (Å²) in [6.07, 6.45) is 1.61. The molecule has 14 heavy (non-hydrogen) atoms. The van der Waals surface area contributed by atoms with Crippen LogP contribution in [0.4, 0.5) is 0 Å². The molecule has 2 nitrogen and oxygen atoms in total. The van der Waals surface area contributed by atoms with Crippen LogP contribution in [-0.4, -0.2) is 24.4 Å². The van der Waals surface area contributed by atoms with Crippen molar-refractivity contribution in [2.24, 2.45) is 0 Å². The van der Waals surface area contributed by atoms with Gasteiger partial charge in [-0.25, -0.2) is 0 Å². The van der Waals surface area contributed by atoms with Crippen molar-refractivity contribution in [3.63, 3.8) is 0 Å². The third-order valence-electron chi connectivity index (χ3n) is 2.26. The third kappa shape index (κ3) is 4.96. The smallest absolute Gasteiger partial charge is 0.326 e. The van der Waals surface area contributed by atoms with E-state index in [0.29, 0.717) is 6.61 Å². The van der Waals surface area contributed by atoms with Crippen LogP contribution in [0.15, 0.2) is 12.2 Å². The van der Waals surface area contributed by atoms with Crippen LogP contribution in [0.25, 0.3) is 0 Å². The number of thiol groups is 1. The first-order valence-electron chi connectivity index (χ1n) is 4.81. The van der Waals surface area contributed by atoms with E-state index < -0.39 is 0 Å². The number of rotatable bonds is 6. The van der Waals surface area contributed by atoms with Crippen molar-refractivity contribution in [1.82, 2.24) is 0 Å². The predicted octanol–water partition coefficient (Wildman–Crippen LogP) is 2.62. The molecule has 0 saturated carbocycles. The number of ether oxygens (including phenoxy) is 1. The molecule has 0 heterocycles. The van der Waals surface area contributed by atoms with Gasteiger partial charge in [-0.2, -0.15) is 12.6 Å². The van der Waals surface area contributed by atoms with Crippen molar-refractivity contribution in [2.75, 3.05) is 6.61 Å². The van der Waals surface area contributed by atoms with Crippen LogP contribution < -0.4 is 0 Å². The van der Waals surface area contributed by atoms with Crippen molar-refractivity contribution in [3.05, 3.63) is 12.2 Å². The van der Waals surface area contributed by atoms with Crippen LogP contribution in [0.5, 0.6) is 0 Å². The summed E-state index contributed by atoms with van der Waals surface area (Å²) in [5.41, 5.74) is -0.313. The summed E-state index contributed by atoms with van der Waals surface area (Å²) in [5.74, 6) is 1.74. The second-order valence-electron chi connectivity index (χ2n) is 4.11. The van der Waals surface area contributed by atoms with E-state index >= 15 is 0 Å². The van der Waals surface area contributed by atoms with E-state index in [4.69, 9.17) is 9.39 Å². The Labute approximate surface area is 93.7 Å². The Morgan fingerprint density at radius 1 is 1.29 bits per heavy atom. The molecule has 0 aromatic rings. The van der Waals surface area contributed by atoms with E-state index in [2.05, 4.69) is 12.6 Å². The largest absolute Gasteiger partial charge is 0.503 e. The molecule has 0 saturated heterocycles. The minimum absolute atomic E-state index is 0.192. The van der Waals surface area contributed by atoms with Gasteiger partial charge in [0.1, 0.15) is 0 Å². The molecule has 0 aromatic heterocycles. The normalized spacial score (nSPS) is 13.3. The lowest BCUT2D eigenvalue weighted by Crippen LogP contribution is -2.43. The highest BCUT2D eigenvalue weighted by Gasteiger charge is 2.33. The average Bonchev–Trinajstić information content (AvgIpc) is 2.02. The van der Waals surface area contributed by atoms with Crippen LogP contribution in [0.1, 0.15) is 34.6 Å². The van der Waals surface area contributed by atoms with Gasteiger partial charge < -0.3 is 9.39 Å².